The fraction of sp³-hybridized carbons (Fsp3) is 0.500. The summed E-state index contributed by atoms with van der Waals surface area (Å²) in [6.07, 6.45) is 2.43. The van der Waals surface area contributed by atoms with Crippen molar-refractivity contribution in [3.8, 4) is 0 Å². The van der Waals surface area contributed by atoms with Gasteiger partial charge in [0.25, 0.3) is 0 Å². The van der Waals surface area contributed by atoms with Crippen molar-refractivity contribution in [2.24, 2.45) is 0 Å². The van der Waals surface area contributed by atoms with Gasteiger partial charge < -0.3 is 14.5 Å². The first kappa shape index (κ1) is 17.2. The topological polar surface area (TPSA) is 62.7 Å². The van der Waals surface area contributed by atoms with Gasteiger partial charge in [0.1, 0.15) is 5.82 Å². The summed E-state index contributed by atoms with van der Waals surface area (Å²) in [6, 6.07) is 3.48. The van der Waals surface area contributed by atoms with Gasteiger partial charge in [0.2, 0.25) is 5.91 Å². The SMILES string of the molecule is COC(=O)CCCN(C)C(=O)CN(C)c1ccc(Cl)cn1. The Balaban J connectivity index is 2.40. The first-order valence-corrected chi connectivity index (χ1v) is 6.95. The van der Waals surface area contributed by atoms with E-state index in [1.54, 1.807) is 36.0 Å². The Kier molecular flexibility index (Phi) is 6.94. The Hall–Kier alpha value is -1.82. The number of anilines is 1. The third-order valence-electron chi connectivity index (χ3n) is 3.00. The highest BCUT2D eigenvalue weighted by Gasteiger charge is 2.13. The smallest absolute Gasteiger partial charge is 0.305 e. The molecule has 0 spiro atoms. The molecule has 0 fully saturated rings. The van der Waals surface area contributed by atoms with E-state index >= 15 is 0 Å². The maximum Gasteiger partial charge on any atom is 0.305 e. The lowest BCUT2D eigenvalue weighted by Gasteiger charge is -2.22. The Morgan fingerprint density at radius 1 is 1.33 bits per heavy atom. The zero-order valence-corrected chi connectivity index (χ0v) is 13.3. The molecule has 21 heavy (non-hydrogen) atoms. The van der Waals surface area contributed by atoms with E-state index in [-0.39, 0.29) is 18.4 Å². The second-order valence-electron chi connectivity index (χ2n) is 4.69. The molecule has 0 aliphatic carbocycles. The summed E-state index contributed by atoms with van der Waals surface area (Å²) >= 11 is 5.77. The normalized spacial score (nSPS) is 10.1. The van der Waals surface area contributed by atoms with Crippen LogP contribution in [0, 0.1) is 0 Å². The molecule has 7 heteroatoms. The van der Waals surface area contributed by atoms with Crippen LogP contribution in [0.4, 0.5) is 5.82 Å². The minimum atomic E-state index is -0.265. The molecule has 0 unspecified atom stereocenters. The second-order valence-corrected chi connectivity index (χ2v) is 5.12. The summed E-state index contributed by atoms with van der Waals surface area (Å²) < 4.78 is 4.55. The number of carbonyl (C=O) groups is 2. The van der Waals surface area contributed by atoms with E-state index in [9.17, 15) is 9.59 Å². The second kappa shape index (κ2) is 8.46. The largest absolute Gasteiger partial charge is 0.469 e. The van der Waals surface area contributed by atoms with Crippen LogP contribution in [0.2, 0.25) is 5.02 Å². The van der Waals surface area contributed by atoms with E-state index in [0.717, 1.165) is 0 Å². The summed E-state index contributed by atoms with van der Waals surface area (Å²) in [6.45, 7) is 0.721. The van der Waals surface area contributed by atoms with Gasteiger partial charge in [-0.3, -0.25) is 9.59 Å². The highest BCUT2D eigenvalue weighted by atomic mass is 35.5. The molecule has 0 saturated heterocycles. The zero-order valence-electron chi connectivity index (χ0n) is 12.5. The van der Waals surface area contributed by atoms with E-state index in [4.69, 9.17) is 11.6 Å². The number of pyridine rings is 1. The average molecular weight is 314 g/mol. The van der Waals surface area contributed by atoms with Crippen LogP contribution in [-0.4, -0.2) is 56.1 Å². The molecule has 116 valence electrons. The van der Waals surface area contributed by atoms with E-state index in [1.807, 2.05) is 0 Å². The van der Waals surface area contributed by atoms with Gasteiger partial charge in [0.05, 0.1) is 18.7 Å². The molecule has 0 aliphatic heterocycles. The van der Waals surface area contributed by atoms with Gasteiger partial charge in [-0.15, -0.1) is 0 Å². The van der Waals surface area contributed by atoms with E-state index < -0.39 is 0 Å². The lowest BCUT2D eigenvalue weighted by molar-refractivity contribution is -0.141. The number of likely N-dealkylation sites (N-methyl/N-ethyl adjacent to an activating group) is 2. The lowest BCUT2D eigenvalue weighted by atomic mass is 10.3. The van der Waals surface area contributed by atoms with E-state index in [1.165, 1.54) is 13.3 Å². The predicted octanol–water partition coefficient (Wildman–Crippen LogP) is 1.58. The quantitative estimate of drug-likeness (QED) is 0.715. The van der Waals surface area contributed by atoms with Crippen molar-refractivity contribution in [1.82, 2.24) is 9.88 Å². The Morgan fingerprint density at radius 2 is 2.05 bits per heavy atom. The van der Waals surface area contributed by atoms with Gasteiger partial charge in [-0.25, -0.2) is 4.98 Å². The Morgan fingerprint density at radius 3 is 2.62 bits per heavy atom. The highest BCUT2D eigenvalue weighted by molar-refractivity contribution is 6.30. The first-order chi connectivity index (χ1) is 9.93. The number of esters is 1. The molecule has 1 aromatic rings. The molecule has 0 saturated carbocycles. The van der Waals surface area contributed by atoms with Crippen molar-refractivity contribution in [3.05, 3.63) is 23.4 Å². The van der Waals surface area contributed by atoms with Gasteiger partial charge >= 0.3 is 5.97 Å². The number of methoxy groups -OCH3 is 1. The number of nitrogens with zero attached hydrogens (tertiary/aromatic N) is 3. The molecule has 0 aromatic carbocycles. The van der Waals surface area contributed by atoms with Crippen LogP contribution in [0.1, 0.15) is 12.8 Å². The van der Waals surface area contributed by atoms with Crippen molar-refractivity contribution in [2.75, 3.05) is 39.2 Å². The fourth-order valence-electron chi connectivity index (χ4n) is 1.69. The predicted molar refractivity (Wildman–Crippen MR) is 81.4 cm³/mol. The summed E-state index contributed by atoms with van der Waals surface area (Å²) in [5.41, 5.74) is 0. The van der Waals surface area contributed by atoms with Gasteiger partial charge in [0.15, 0.2) is 0 Å². The molecule has 1 aromatic heterocycles. The van der Waals surface area contributed by atoms with Crippen LogP contribution in [0.25, 0.3) is 0 Å². The van der Waals surface area contributed by atoms with Crippen molar-refractivity contribution < 1.29 is 14.3 Å². The molecule has 1 rings (SSSR count). The fourth-order valence-corrected chi connectivity index (χ4v) is 1.80. The number of hydrogen-bond donors (Lipinski definition) is 0. The minimum Gasteiger partial charge on any atom is -0.469 e. The van der Waals surface area contributed by atoms with Crippen molar-refractivity contribution in [3.63, 3.8) is 0 Å². The number of halogens is 1. The maximum atomic E-state index is 12.1. The van der Waals surface area contributed by atoms with Gasteiger partial charge in [-0.05, 0) is 18.6 Å². The standard InChI is InChI=1S/C14H20ClN3O3/c1-17(8-4-5-14(20)21-3)13(19)10-18(2)12-7-6-11(15)9-16-12/h6-7,9H,4-5,8,10H2,1-3H3. The molecule has 0 N–H and O–H groups in total. The lowest BCUT2D eigenvalue weighted by Crippen LogP contribution is -2.37. The molecule has 1 amide bonds. The molecule has 0 aliphatic rings. The summed E-state index contributed by atoms with van der Waals surface area (Å²) in [5, 5.41) is 0.554. The summed E-state index contributed by atoms with van der Waals surface area (Å²) in [5.74, 6) is 0.369. The monoisotopic (exact) mass is 313 g/mol. The number of aromatic nitrogens is 1. The van der Waals surface area contributed by atoms with Gasteiger partial charge in [-0.2, -0.15) is 0 Å². The number of amides is 1. The number of hydrogen-bond acceptors (Lipinski definition) is 5. The van der Waals surface area contributed by atoms with Crippen LogP contribution < -0.4 is 4.90 Å². The maximum absolute atomic E-state index is 12.1. The average Bonchev–Trinajstić information content (AvgIpc) is 2.47. The van der Waals surface area contributed by atoms with Crippen LogP contribution >= 0.6 is 11.6 Å². The van der Waals surface area contributed by atoms with Crippen molar-refractivity contribution in [1.29, 1.82) is 0 Å². The molecule has 0 bridgehead atoms. The van der Waals surface area contributed by atoms with Crippen molar-refractivity contribution in [2.45, 2.75) is 12.8 Å². The number of rotatable bonds is 7. The molecular weight excluding hydrogens is 294 g/mol. The first-order valence-electron chi connectivity index (χ1n) is 6.57. The van der Waals surface area contributed by atoms with Crippen LogP contribution in [0.3, 0.4) is 0 Å². The van der Waals surface area contributed by atoms with Crippen molar-refractivity contribution >= 4 is 29.3 Å². The number of ether oxygens (including phenoxy) is 1. The Labute approximate surface area is 129 Å². The zero-order chi connectivity index (χ0) is 15.8. The Bertz CT molecular complexity index is 479. The molecule has 6 nitrogen and oxygen atoms in total. The minimum absolute atomic E-state index is 0.0425. The molecular formula is C14H20ClN3O3. The summed E-state index contributed by atoms with van der Waals surface area (Å²) in [7, 11) is 4.85. The highest BCUT2D eigenvalue weighted by Crippen LogP contribution is 2.12. The van der Waals surface area contributed by atoms with E-state index in [2.05, 4.69) is 9.72 Å². The molecule has 0 radical (unpaired) electrons. The number of carbonyl (C=O) groups excluding carboxylic acids is 2. The summed E-state index contributed by atoms with van der Waals surface area (Å²) in [4.78, 5) is 30.5. The molecule has 1 heterocycles. The van der Waals surface area contributed by atoms with Crippen LogP contribution in [0.5, 0.6) is 0 Å². The third-order valence-corrected chi connectivity index (χ3v) is 3.23. The van der Waals surface area contributed by atoms with Gasteiger partial charge in [0, 0.05) is 33.3 Å². The van der Waals surface area contributed by atoms with Crippen LogP contribution in [0.15, 0.2) is 18.3 Å². The van der Waals surface area contributed by atoms with Crippen LogP contribution in [-0.2, 0) is 14.3 Å². The third kappa shape index (κ3) is 5.99. The van der Waals surface area contributed by atoms with Gasteiger partial charge in [-0.1, -0.05) is 11.6 Å². The van der Waals surface area contributed by atoms with E-state index in [0.29, 0.717) is 30.2 Å². The molecule has 0 atom stereocenters.